The molecular formula is C33H27ClN2O4. The highest BCUT2D eigenvalue weighted by Gasteiger charge is 2.18. The lowest BCUT2D eigenvalue weighted by molar-refractivity contribution is -0.139. The Morgan fingerprint density at radius 2 is 1.48 bits per heavy atom. The highest BCUT2D eigenvalue weighted by Crippen LogP contribution is 2.30. The molecule has 40 heavy (non-hydrogen) atoms. The highest BCUT2D eigenvalue weighted by molar-refractivity contribution is 6.30. The molecular weight excluding hydrogens is 524 g/mol. The third-order valence-electron chi connectivity index (χ3n) is 7.21. The first-order valence-corrected chi connectivity index (χ1v) is 13.5. The Morgan fingerprint density at radius 3 is 2.15 bits per heavy atom. The number of para-hydroxylation sites is 2. The Bertz CT molecular complexity index is 1810. The summed E-state index contributed by atoms with van der Waals surface area (Å²) in [5, 5.41) is 3.83. The molecule has 7 heteroatoms. The van der Waals surface area contributed by atoms with Crippen molar-refractivity contribution in [1.82, 2.24) is 9.13 Å². The molecule has 6 rings (SSSR count). The maximum atomic E-state index is 13.3. The number of hydrogen-bond acceptors (Lipinski definition) is 4. The van der Waals surface area contributed by atoms with Crippen molar-refractivity contribution in [3.8, 4) is 5.75 Å². The summed E-state index contributed by atoms with van der Waals surface area (Å²) in [5.41, 5.74) is 4.31. The first-order chi connectivity index (χ1) is 19.5. The van der Waals surface area contributed by atoms with Gasteiger partial charge in [0.05, 0.1) is 25.7 Å². The fourth-order valence-corrected chi connectivity index (χ4v) is 5.42. The van der Waals surface area contributed by atoms with Gasteiger partial charge in [-0.15, -0.1) is 0 Å². The van der Waals surface area contributed by atoms with Crippen molar-refractivity contribution in [2.24, 2.45) is 0 Å². The smallest absolute Gasteiger partial charge is 0.310 e. The predicted octanol–water partition coefficient (Wildman–Crippen LogP) is 7.28. The lowest BCUT2D eigenvalue weighted by atomic mass is 10.1. The van der Waals surface area contributed by atoms with Gasteiger partial charge in [0.25, 0.3) is 5.91 Å². The number of rotatable bonds is 8. The van der Waals surface area contributed by atoms with Crippen LogP contribution < -0.4 is 4.74 Å². The normalized spacial score (nSPS) is 11.3. The van der Waals surface area contributed by atoms with Crippen LogP contribution >= 0.6 is 11.6 Å². The van der Waals surface area contributed by atoms with E-state index < -0.39 is 0 Å². The molecule has 0 bridgehead atoms. The number of carbonyl (C=O) groups is 2. The van der Waals surface area contributed by atoms with Crippen LogP contribution in [0.1, 0.15) is 22.3 Å². The van der Waals surface area contributed by atoms with E-state index in [0.29, 0.717) is 34.0 Å². The molecule has 0 amide bonds. The van der Waals surface area contributed by atoms with Gasteiger partial charge >= 0.3 is 5.97 Å². The van der Waals surface area contributed by atoms with E-state index in [0.717, 1.165) is 18.4 Å². The lowest BCUT2D eigenvalue weighted by Crippen LogP contribution is -2.10. The number of carbonyl (C=O) groups excluding carboxylic acids is 2. The molecule has 6 aromatic rings. The fourth-order valence-electron chi connectivity index (χ4n) is 5.29. The van der Waals surface area contributed by atoms with Gasteiger partial charge in [-0.3, -0.25) is 14.2 Å². The molecule has 2 heterocycles. The monoisotopic (exact) mass is 550 g/mol. The molecule has 0 fully saturated rings. The van der Waals surface area contributed by atoms with Crippen LogP contribution in [0.15, 0.2) is 97.2 Å². The summed E-state index contributed by atoms with van der Waals surface area (Å²) >= 11 is 6.00. The third-order valence-corrected chi connectivity index (χ3v) is 7.46. The van der Waals surface area contributed by atoms with Crippen LogP contribution in [0.2, 0.25) is 5.02 Å². The zero-order chi connectivity index (χ0) is 27.6. The molecule has 4 aromatic carbocycles. The summed E-state index contributed by atoms with van der Waals surface area (Å²) in [6.45, 7) is 1.33. The second-order valence-electron chi connectivity index (χ2n) is 9.66. The van der Waals surface area contributed by atoms with Crippen molar-refractivity contribution in [3.05, 3.63) is 113 Å². The fraction of sp³-hybridized carbons (Fsp3) is 0.152. The molecule has 0 aliphatic rings. The standard InChI is InChI=1S/C33H27ClN2O4/c1-39-32(37)19-23-21-36(33(38)22-11-13-24(34)14-12-22)31-16-15-25(20-28(23)31)40-18-6-17-35-29-9-4-2-7-26(29)27-8-3-5-10-30(27)35/h2-5,7-16,20-21H,6,17-19H2,1H3. The van der Waals surface area contributed by atoms with Crippen molar-refractivity contribution in [3.63, 3.8) is 0 Å². The quantitative estimate of drug-likeness (QED) is 0.148. The Labute approximate surface area is 236 Å². The van der Waals surface area contributed by atoms with E-state index in [1.165, 1.54) is 28.9 Å². The van der Waals surface area contributed by atoms with Gasteiger partial charge in [-0.05, 0) is 66.6 Å². The predicted molar refractivity (Wildman–Crippen MR) is 158 cm³/mol. The summed E-state index contributed by atoms with van der Waals surface area (Å²) in [6.07, 6.45) is 2.56. The van der Waals surface area contributed by atoms with Gasteiger partial charge in [0, 0.05) is 50.5 Å². The van der Waals surface area contributed by atoms with Crippen LogP contribution in [0.25, 0.3) is 32.7 Å². The van der Waals surface area contributed by atoms with Crippen molar-refractivity contribution in [1.29, 1.82) is 0 Å². The number of fused-ring (bicyclic) bond motifs is 4. The molecule has 0 spiro atoms. The Hall–Kier alpha value is -4.55. The van der Waals surface area contributed by atoms with Gasteiger partial charge in [0.1, 0.15) is 5.75 Å². The van der Waals surface area contributed by atoms with E-state index in [2.05, 4.69) is 53.1 Å². The van der Waals surface area contributed by atoms with Gasteiger partial charge in [-0.2, -0.15) is 0 Å². The Kier molecular flexibility index (Phi) is 7.01. The maximum absolute atomic E-state index is 13.3. The van der Waals surface area contributed by atoms with Crippen molar-refractivity contribution < 1.29 is 19.1 Å². The number of methoxy groups -OCH3 is 1. The molecule has 200 valence electrons. The summed E-state index contributed by atoms with van der Waals surface area (Å²) in [4.78, 5) is 25.4. The van der Waals surface area contributed by atoms with Crippen LogP contribution in [0.4, 0.5) is 0 Å². The molecule has 0 saturated carbocycles. The van der Waals surface area contributed by atoms with Crippen molar-refractivity contribution >= 4 is 56.2 Å². The molecule has 0 unspecified atom stereocenters. The molecule has 6 nitrogen and oxygen atoms in total. The topological polar surface area (TPSA) is 62.5 Å². The summed E-state index contributed by atoms with van der Waals surface area (Å²) < 4.78 is 14.9. The zero-order valence-electron chi connectivity index (χ0n) is 22.0. The number of nitrogens with zero attached hydrogens (tertiary/aromatic N) is 2. The third kappa shape index (κ3) is 4.82. The average molecular weight is 551 g/mol. The number of esters is 1. The summed E-state index contributed by atoms with van der Waals surface area (Å²) in [7, 11) is 1.35. The second kappa shape index (κ2) is 10.9. The van der Waals surface area contributed by atoms with Crippen LogP contribution in [0.5, 0.6) is 5.75 Å². The van der Waals surface area contributed by atoms with Gasteiger partial charge in [-0.1, -0.05) is 48.0 Å². The number of aryl methyl sites for hydroxylation is 1. The van der Waals surface area contributed by atoms with E-state index in [1.807, 2.05) is 18.2 Å². The van der Waals surface area contributed by atoms with Gasteiger partial charge in [0.15, 0.2) is 0 Å². The first-order valence-electron chi connectivity index (χ1n) is 13.1. The zero-order valence-corrected chi connectivity index (χ0v) is 22.7. The van der Waals surface area contributed by atoms with Crippen LogP contribution in [0.3, 0.4) is 0 Å². The largest absolute Gasteiger partial charge is 0.494 e. The summed E-state index contributed by atoms with van der Waals surface area (Å²) in [5.74, 6) is 0.0886. The molecule has 0 aliphatic carbocycles. The number of hydrogen-bond donors (Lipinski definition) is 0. The number of aromatic nitrogens is 2. The van der Waals surface area contributed by atoms with Crippen LogP contribution in [-0.4, -0.2) is 34.7 Å². The minimum absolute atomic E-state index is 0.0468. The number of benzene rings is 4. The molecule has 0 atom stereocenters. The molecule has 0 N–H and O–H groups in total. The van der Waals surface area contributed by atoms with E-state index in [4.69, 9.17) is 21.1 Å². The first kappa shape index (κ1) is 25.7. The highest BCUT2D eigenvalue weighted by atomic mass is 35.5. The van der Waals surface area contributed by atoms with E-state index >= 15 is 0 Å². The SMILES string of the molecule is COC(=O)Cc1cn(C(=O)c2ccc(Cl)cc2)c2ccc(OCCCn3c4ccccc4c4ccccc43)cc12. The molecule has 0 aliphatic heterocycles. The van der Waals surface area contributed by atoms with Crippen LogP contribution in [-0.2, 0) is 22.5 Å². The maximum Gasteiger partial charge on any atom is 0.310 e. The number of ether oxygens (including phenoxy) is 2. The average Bonchev–Trinajstić information content (AvgIpc) is 3.50. The number of halogens is 1. The van der Waals surface area contributed by atoms with E-state index in [-0.39, 0.29) is 18.3 Å². The van der Waals surface area contributed by atoms with Gasteiger partial charge in [-0.25, -0.2) is 0 Å². The van der Waals surface area contributed by atoms with E-state index in [1.54, 1.807) is 35.0 Å². The van der Waals surface area contributed by atoms with E-state index in [9.17, 15) is 9.59 Å². The Morgan fingerprint density at radius 1 is 0.800 bits per heavy atom. The molecule has 0 radical (unpaired) electrons. The molecule has 0 saturated heterocycles. The van der Waals surface area contributed by atoms with Crippen LogP contribution in [0, 0.1) is 0 Å². The summed E-state index contributed by atoms with van der Waals surface area (Å²) in [6, 6.07) is 29.3. The lowest BCUT2D eigenvalue weighted by Gasteiger charge is -2.10. The van der Waals surface area contributed by atoms with Crippen molar-refractivity contribution in [2.45, 2.75) is 19.4 Å². The minimum atomic E-state index is -0.379. The second-order valence-corrected chi connectivity index (χ2v) is 10.1. The van der Waals surface area contributed by atoms with Gasteiger partial charge < -0.3 is 14.0 Å². The van der Waals surface area contributed by atoms with Gasteiger partial charge in [0.2, 0.25) is 0 Å². The Balaban J connectivity index is 1.23. The minimum Gasteiger partial charge on any atom is -0.494 e. The molecule has 2 aromatic heterocycles. The van der Waals surface area contributed by atoms with Crippen molar-refractivity contribution in [2.75, 3.05) is 13.7 Å².